The molecule has 3 nitrogen and oxygen atoms in total. The van der Waals surface area contributed by atoms with Gasteiger partial charge in [0.15, 0.2) is 0 Å². The fourth-order valence-electron chi connectivity index (χ4n) is 2.51. The number of benzene rings is 1. The molecule has 1 aliphatic rings. The van der Waals surface area contributed by atoms with Crippen LogP contribution < -0.4 is 0 Å². The van der Waals surface area contributed by atoms with Crippen LogP contribution in [0.3, 0.4) is 0 Å². The molecule has 0 radical (unpaired) electrons. The van der Waals surface area contributed by atoms with Crippen LogP contribution in [0.1, 0.15) is 25.7 Å². The molecule has 1 saturated heterocycles. The molecule has 0 spiro atoms. The van der Waals surface area contributed by atoms with Gasteiger partial charge < -0.3 is 0 Å². The molecule has 0 saturated carbocycles. The maximum absolute atomic E-state index is 13.7. The van der Waals surface area contributed by atoms with E-state index in [0.717, 1.165) is 25.7 Å². The van der Waals surface area contributed by atoms with Crippen molar-refractivity contribution in [1.82, 2.24) is 4.31 Å². The van der Waals surface area contributed by atoms with Crippen molar-refractivity contribution in [3.8, 4) is 0 Å². The zero-order chi connectivity index (χ0) is 13.9. The van der Waals surface area contributed by atoms with Crippen LogP contribution in [0.25, 0.3) is 0 Å². The summed E-state index contributed by atoms with van der Waals surface area (Å²) in [7, 11) is -3.73. The van der Waals surface area contributed by atoms with E-state index >= 15 is 0 Å². The number of alkyl halides is 1. The van der Waals surface area contributed by atoms with Crippen molar-refractivity contribution in [3.05, 3.63) is 30.1 Å². The average Bonchev–Trinajstić information content (AvgIpc) is 2.85. The lowest BCUT2D eigenvalue weighted by Gasteiger charge is -2.24. The second-order valence-corrected chi connectivity index (χ2v) is 6.91. The number of hydrogen-bond donors (Lipinski definition) is 0. The molecule has 0 amide bonds. The predicted octanol–water partition coefficient (Wildman–Crippen LogP) is 3.00. The van der Waals surface area contributed by atoms with E-state index in [9.17, 15) is 12.8 Å². The van der Waals surface area contributed by atoms with Crippen molar-refractivity contribution in [2.75, 3.05) is 12.4 Å². The van der Waals surface area contributed by atoms with E-state index in [4.69, 9.17) is 11.6 Å². The van der Waals surface area contributed by atoms with Crippen LogP contribution in [0.5, 0.6) is 0 Å². The van der Waals surface area contributed by atoms with E-state index in [1.54, 1.807) is 6.07 Å². The number of nitrogens with zero attached hydrogens (tertiary/aromatic N) is 1. The van der Waals surface area contributed by atoms with Gasteiger partial charge in [0.25, 0.3) is 0 Å². The van der Waals surface area contributed by atoms with Crippen molar-refractivity contribution in [3.63, 3.8) is 0 Å². The van der Waals surface area contributed by atoms with Crippen LogP contribution in [0.2, 0.25) is 0 Å². The van der Waals surface area contributed by atoms with Crippen LogP contribution >= 0.6 is 11.6 Å². The topological polar surface area (TPSA) is 37.4 Å². The van der Waals surface area contributed by atoms with Gasteiger partial charge in [0.05, 0.1) is 0 Å². The van der Waals surface area contributed by atoms with Crippen molar-refractivity contribution in [2.45, 2.75) is 36.6 Å². The molecular formula is C13H17ClFNO2S. The van der Waals surface area contributed by atoms with E-state index < -0.39 is 15.8 Å². The smallest absolute Gasteiger partial charge is 0.207 e. The Hall–Kier alpha value is -0.650. The van der Waals surface area contributed by atoms with Crippen LogP contribution in [0.15, 0.2) is 29.2 Å². The highest BCUT2D eigenvalue weighted by atomic mass is 35.5. The molecule has 6 heteroatoms. The molecule has 1 fully saturated rings. The first-order valence-corrected chi connectivity index (χ1v) is 8.37. The van der Waals surface area contributed by atoms with Gasteiger partial charge in [-0.25, -0.2) is 12.8 Å². The quantitative estimate of drug-likeness (QED) is 0.784. The fourth-order valence-corrected chi connectivity index (χ4v) is 4.45. The van der Waals surface area contributed by atoms with E-state index in [1.807, 2.05) is 0 Å². The van der Waals surface area contributed by atoms with Gasteiger partial charge in [0, 0.05) is 18.5 Å². The van der Waals surface area contributed by atoms with Gasteiger partial charge in [-0.2, -0.15) is 4.31 Å². The molecule has 0 aliphatic carbocycles. The van der Waals surface area contributed by atoms with Crippen LogP contribution in [0.4, 0.5) is 4.39 Å². The number of rotatable bonds is 5. The lowest BCUT2D eigenvalue weighted by Crippen LogP contribution is -2.36. The Labute approximate surface area is 118 Å². The summed E-state index contributed by atoms with van der Waals surface area (Å²) in [4.78, 5) is -0.229. The molecule has 0 aromatic heterocycles. The lowest BCUT2D eigenvalue weighted by atomic mass is 10.1. The minimum absolute atomic E-state index is 0.0524. The fraction of sp³-hybridized carbons (Fsp3) is 0.538. The summed E-state index contributed by atoms with van der Waals surface area (Å²) < 4.78 is 40.1. The Kier molecular flexibility index (Phi) is 4.81. The zero-order valence-corrected chi connectivity index (χ0v) is 12.1. The highest BCUT2D eigenvalue weighted by molar-refractivity contribution is 7.89. The first-order chi connectivity index (χ1) is 9.07. The Morgan fingerprint density at radius 2 is 2.11 bits per heavy atom. The highest BCUT2D eigenvalue weighted by Crippen LogP contribution is 2.29. The normalized spacial score (nSPS) is 20.8. The summed E-state index contributed by atoms with van der Waals surface area (Å²) in [5.41, 5.74) is 0. The summed E-state index contributed by atoms with van der Waals surface area (Å²) in [5.74, 6) is -0.171. The summed E-state index contributed by atoms with van der Waals surface area (Å²) in [6.07, 6.45) is 3.15. The average molecular weight is 306 g/mol. The Morgan fingerprint density at radius 1 is 1.37 bits per heavy atom. The van der Waals surface area contributed by atoms with E-state index in [0.29, 0.717) is 12.4 Å². The first-order valence-electron chi connectivity index (χ1n) is 6.39. The van der Waals surface area contributed by atoms with E-state index in [-0.39, 0.29) is 10.9 Å². The molecule has 1 aliphatic heterocycles. The molecule has 1 aromatic carbocycles. The van der Waals surface area contributed by atoms with Gasteiger partial charge in [-0.05, 0) is 37.8 Å². The molecule has 1 unspecified atom stereocenters. The third kappa shape index (κ3) is 3.09. The number of sulfonamides is 1. The SMILES string of the molecule is O=S(=O)(c1ccccc1F)N1CCCC1CCCCl. The molecule has 1 aromatic rings. The molecule has 0 N–H and O–H groups in total. The van der Waals surface area contributed by atoms with Crippen LogP contribution in [-0.4, -0.2) is 31.2 Å². The van der Waals surface area contributed by atoms with Gasteiger partial charge in [-0.3, -0.25) is 0 Å². The van der Waals surface area contributed by atoms with Crippen molar-refractivity contribution in [1.29, 1.82) is 0 Å². The third-order valence-electron chi connectivity index (χ3n) is 3.42. The largest absolute Gasteiger partial charge is 0.246 e. The maximum Gasteiger partial charge on any atom is 0.246 e. The number of halogens is 2. The Morgan fingerprint density at radius 3 is 2.79 bits per heavy atom. The summed E-state index contributed by atoms with van der Waals surface area (Å²) in [6, 6.07) is 5.48. The summed E-state index contributed by atoms with van der Waals surface area (Å²) >= 11 is 5.66. The molecule has 1 heterocycles. The van der Waals surface area contributed by atoms with Gasteiger partial charge >= 0.3 is 0 Å². The second-order valence-electron chi connectivity index (χ2n) is 4.67. The monoisotopic (exact) mass is 305 g/mol. The maximum atomic E-state index is 13.7. The summed E-state index contributed by atoms with van der Waals surface area (Å²) in [6.45, 7) is 0.462. The molecule has 2 rings (SSSR count). The minimum Gasteiger partial charge on any atom is -0.207 e. The minimum atomic E-state index is -3.73. The first kappa shape index (κ1) is 14.8. The third-order valence-corrected chi connectivity index (χ3v) is 5.67. The summed E-state index contributed by atoms with van der Waals surface area (Å²) in [5, 5.41) is 0. The van der Waals surface area contributed by atoms with Gasteiger partial charge in [0.2, 0.25) is 10.0 Å². The molecule has 0 bridgehead atoms. The van der Waals surface area contributed by atoms with Crippen molar-refractivity contribution in [2.24, 2.45) is 0 Å². The van der Waals surface area contributed by atoms with E-state index in [2.05, 4.69) is 0 Å². The molecule has 1 atom stereocenters. The molecule has 106 valence electrons. The predicted molar refractivity (Wildman–Crippen MR) is 73.3 cm³/mol. The molecule has 19 heavy (non-hydrogen) atoms. The van der Waals surface area contributed by atoms with Gasteiger partial charge in [-0.15, -0.1) is 11.6 Å². The lowest BCUT2D eigenvalue weighted by molar-refractivity contribution is 0.366. The Balaban J connectivity index is 2.26. The Bertz CT molecular complexity index is 535. The van der Waals surface area contributed by atoms with Crippen molar-refractivity contribution < 1.29 is 12.8 Å². The molecular weight excluding hydrogens is 289 g/mol. The van der Waals surface area contributed by atoms with Gasteiger partial charge in [-0.1, -0.05) is 12.1 Å². The second kappa shape index (κ2) is 6.20. The highest BCUT2D eigenvalue weighted by Gasteiger charge is 2.36. The van der Waals surface area contributed by atoms with Gasteiger partial charge in [0.1, 0.15) is 10.7 Å². The van der Waals surface area contributed by atoms with Crippen LogP contribution in [0, 0.1) is 5.82 Å². The van der Waals surface area contributed by atoms with Crippen molar-refractivity contribution >= 4 is 21.6 Å². The van der Waals surface area contributed by atoms with E-state index in [1.165, 1.54) is 22.5 Å². The van der Waals surface area contributed by atoms with Crippen LogP contribution in [-0.2, 0) is 10.0 Å². The zero-order valence-electron chi connectivity index (χ0n) is 10.6. The number of hydrogen-bond acceptors (Lipinski definition) is 2. The standard InChI is InChI=1S/C13H17ClFNO2S/c14-9-3-5-11-6-4-10-16(11)19(17,18)13-8-2-1-7-12(13)15/h1-2,7-8,11H,3-6,9-10H2.